The number of rotatable bonds is 8. The van der Waals surface area contributed by atoms with E-state index < -0.39 is 24.0 Å². The van der Waals surface area contributed by atoms with Gasteiger partial charge in [0.25, 0.3) is 5.84 Å². The third-order valence-electron chi connectivity index (χ3n) is 5.69. The van der Waals surface area contributed by atoms with Crippen molar-refractivity contribution >= 4 is 29.4 Å². The Morgan fingerprint density at radius 2 is 1.70 bits per heavy atom. The number of anilines is 1. The minimum Gasteiger partial charge on any atom is -0.542 e. The topological polar surface area (TPSA) is 166 Å². The van der Waals surface area contributed by atoms with Crippen molar-refractivity contribution in [2.45, 2.75) is 25.7 Å². The summed E-state index contributed by atoms with van der Waals surface area (Å²) in [5.74, 6) is -2.84. The molecular formula is C29H28F3N3O8. The van der Waals surface area contributed by atoms with E-state index in [4.69, 9.17) is 40.0 Å². The molecule has 0 bridgehead atoms. The number of alkyl halides is 3. The number of nitrogens with two attached hydrogens (primary N) is 2. The molecule has 0 spiro atoms. The van der Waals surface area contributed by atoms with Gasteiger partial charge in [-0.3, -0.25) is 20.8 Å². The molecule has 3 aromatic carbocycles. The van der Waals surface area contributed by atoms with Crippen LogP contribution in [0.3, 0.4) is 0 Å². The van der Waals surface area contributed by atoms with Gasteiger partial charge in [-0.1, -0.05) is 30.3 Å². The fourth-order valence-corrected chi connectivity index (χ4v) is 3.64. The second-order valence-corrected chi connectivity index (χ2v) is 8.86. The quantitative estimate of drug-likeness (QED) is 0.164. The number of ether oxygens (including phenoxy) is 4. The molecule has 0 radical (unpaired) electrons. The molecule has 0 aromatic heterocycles. The molecule has 1 amide bonds. The number of esters is 1. The summed E-state index contributed by atoms with van der Waals surface area (Å²) < 4.78 is 54.3. The van der Waals surface area contributed by atoms with Crippen molar-refractivity contribution in [1.29, 1.82) is 0 Å². The van der Waals surface area contributed by atoms with Crippen molar-refractivity contribution in [1.82, 2.24) is 0 Å². The normalized spacial score (nSPS) is 13.5. The number of halogens is 3. The van der Waals surface area contributed by atoms with E-state index >= 15 is 0 Å². The molecule has 3 aromatic rings. The molecule has 14 heteroatoms. The van der Waals surface area contributed by atoms with Crippen molar-refractivity contribution in [2.24, 2.45) is 5.73 Å². The van der Waals surface area contributed by atoms with Crippen LogP contribution in [-0.4, -0.2) is 55.8 Å². The fourth-order valence-electron chi connectivity index (χ4n) is 3.64. The lowest BCUT2D eigenvalue weighted by Gasteiger charge is -2.28. The molecule has 4 N–H and O–H groups in total. The molecule has 0 unspecified atom stereocenters. The maximum Gasteiger partial charge on any atom is 0.430 e. The maximum atomic E-state index is 12.9. The van der Waals surface area contributed by atoms with E-state index in [1.165, 1.54) is 4.90 Å². The van der Waals surface area contributed by atoms with E-state index in [-0.39, 0.29) is 31.7 Å². The number of carbonyl (C=O) groups excluding carboxylic acids is 3. The van der Waals surface area contributed by atoms with Gasteiger partial charge in [0, 0.05) is 11.8 Å². The molecule has 11 nitrogen and oxygen atoms in total. The Kier molecular flexibility index (Phi) is 10.9. The third-order valence-corrected chi connectivity index (χ3v) is 5.69. The van der Waals surface area contributed by atoms with E-state index in [1.807, 2.05) is 30.3 Å². The summed E-state index contributed by atoms with van der Waals surface area (Å²) in [5, 5.41) is 14.4. The summed E-state index contributed by atoms with van der Waals surface area (Å²) in [7, 11) is 0. The Hall–Kier alpha value is -5.27. The van der Waals surface area contributed by atoms with Crippen LogP contribution in [0.1, 0.15) is 18.1 Å². The highest BCUT2D eigenvalue weighted by atomic mass is 19.4. The number of fused-ring (bicyclic) bond motifs is 1. The van der Waals surface area contributed by atoms with Crippen LogP contribution in [0.2, 0.25) is 0 Å². The van der Waals surface area contributed by atoms with Crippen molar-refractivity contribution in [3.8, 4) is 17.2 Å². The average molecular weight is 604 g/mol. The van der Waals surface area contributed by atoms with Crippen LogP contribution in [0.25, 0.3) is 0 Å². The first-order chi connectivity index (χ1) is 20.4. The SMILES string of the molecule is CCOC(=O)C(=O)N(Cc1ccccc1)c1ccc2c(c1)O[C@H](COc1ccc(C(N)=[NH2+])cc1)CO2.O=C([O-])C(F)(F)F. The fraction of sp³-hybridized carbons (Fsp3) is 0.241. The Balaban J connectivity index is 0.000000646. The van der Waals surface area contributed by atoms with Gasteiger partial charge in [0.05, 0.1) is 18.7 Å². The zero-order valence-electron chi connectivity index (χ0n) is 22.8. The highest BCUT2D eigenvalue weighted by Gasteiger charge is 2.29. The van der Waals surface area contributed by atoms with Gasteiger partial charge in [-0.25, -0.2) is 4.79 Å². The largest absolute Gasteiger partial charge is 0.542 e. The number of carboxylic acid groups (broad SMARTS) is 1. The molecule has 1 heterocycles. The number of amides is 1. The first kappa shape index (κ1) is 32.2. The number of carboxylic acids is 1. The van der Waals surface area contributed by atoms with Crippen molar-refractivity contribution in [3.63, 3.8) is 0 Å². The number of hydrogen-bond donors (Lipinski definition) is 2. The Bertz CT molecular complexity index is 1430. The highest BCUT2D eigenvalue weighted by Crippen LogP contribution is 2.36. The molecule has 1 atom stereocenters. The van der Waals surface area contributed by atoms with E-state index in [1.54, 1.807) is 49.4 Å². The van der Waals surface area contributed by atoms with Crippen LogP contribution in [0.5, 0.6) is 17.2 Å². The van der Waals surface area contributed by atoms with E-state index in [2.05, 4.69) is 0 Å². The standard InChI is InChI=1S/C27H27N3O6.C2HF3O2/c1-2-33-27(32)26(31)30(15-18-6-4-3-5-7-18)20-10-13-23-24(14-20)36-22(17-35-23)16-34-21-11-8-19(9-12-21)25(28)29;3-2(4,5)1(6)7/h3-14,22H,2,15-17H2,1H3,(H3,28,29);(H,6,7)/t22-;/m1./s1. The molecule has 1 aliphatic rings. The average Bonchev–Trinajstić information content (AvgIpc) is 2.98. The second kappa shape index (κ2) is 14.6. The van der Waals surface area contributed by atoms with Gasteiger partial charge < -0.3 is 28.8 Å². The lowest BCUT2D eigenvalue weighted by atomic mass is 10.1. The van der Waals surface area contributed by atoms with Gasteiger partial charge in [-0.05, 0) is 48.9 Å². The number of hydrogen-bond acceptors (Lipinski definition) is 8. The van der Waals surface area contributed by atoms with Crippen LogP contribution in [0, 0.1) is 0 Å². The molecule has 0 fully saturated rings. The first-order valence-corrected chi connectivity index (χ1v) is 12.7. The summed E-state index contributed by atoms with van der Waals surface area (Å²) in [6.07, 6.45) is -5.58. The zero-order chi connectivity index (χ0) is 31.6. The zero-order valence-corrected chi connectivity index (χ0v) is 22.8. The molecule has 43 heavy (non-hydrogen) atoms. The van der Waals surface area contributed by atoms with Gasteiger partial charge in [0.2, 0.25) is 0 Å². The molecular weight excluding hydrogens is 575 g/mol. The summed E-state index contributed by atoms with van der Waals surface area (Å²) in [5.41, 5.74) is 7.65. The van der Waals surface area contributed by atoms with Crippen LogP contribution in [0.15, 0.2) is 72.8 Å². The predicted octanol–water partition coefficient (Wildman–Crippen LogP) is 0.765. The van der Waals surface area contributed by atoms with Crippen molar-refractivity contribution in [2.75, 3.05) is 24.7 Å². The smallest absolute Gasteiger partial charge is 0.430 e. The number of amidine groups is 1. The second-order valence-electron chi connectivity index (χ2n) is 8.86. The van der Waals surface area contributed by atoms with E-state index in [0.29, 0.717) is 29.5 Å². The molecule has 4 rings (SSSR count). The summed E-state index contributed by atoms with van der Waals surface area (Å²) in [6.45, 7) is 2.47. The maximum absolute atomic E-state index is 12.9. The minimum atomic E-state index is -5.19. The molecule has 228 valence electrons. The number of nitrogens with zero attached hydrogens (tertiary/aromatic N) is 1. The Morgan fingerprint density at radius 3 is 2.28 bits per heavy atom. The highest BCUT2D eigenvalue weighted by molar-refractivity contribution is 6.38. The Labute approximate surface area is 244 Å². The molecule has 0 saturated carbocycles. The summed E-state index contributed by atoms with van der Waals surface area (Å²) in [6, 6.07) is 21.6. The van der Waals surface area contributed by atoms with Gasteiger partial charge in [0.1, 0.15) is 24.9 Å². The Morgan fingerprint density at radius 1 is 1.05 bits per heavy atom. The van der Waals surface area contributed by atoms with E-state index in [0.717, 1.165) is 11.1 Å². The molecule has 0 saturated heterocycles. The van der Waals surface area contributed by atoms with Crippen molar-refractivity contribution < 1.29 is 57.0 Å². The van der Waals surface area contributed by atoms with Gasteiger partial charge in [-0.15, -0.1) is 0 Å². The van der Waals surface area contributed by atoms with Gasteiger partial charge in [0.15, 0.2) is 17.6 Å². The lowest BCUT2D eigenvalue weighted by Crippen LogP contribution is -2.46. The predicted molar refractivity (Wildman–Crippen MR) is 144 cm³/mol. The third kappa shape index (κ3) is 9.38. The number of benzene rings is 3. The van der Waals surface area contributed by atoms with Crippen LogP contribution < -0.4 is 35.4 Å². The molecule has 0 aliphatic carbocycles. The van der Waals surface area contributed by atoms with Crippen molar-refractivity contribution in [3.05, 3.63) is 83.9 Å². The first-order valence-electron chi connectivity index (χ1n) is 12.7. The number of aliphatic carboxylic acids is 1. The van der Waals surface area contributed by atoms with E-state index in [9.17, 15) is 22.8 Å². The monoisotopic (exact) mass is 603 g/mol. The van der Waals surface area contributed by atoms with Gasteiger partial charge >= 0.3 is 18.1 Å². The van der Waals surface area contributed by atoms with Crippen LogP contribution in [-0.2, 0) is 25.7 Å². The lowest BCUT2D eigenvalue weighted by molar-refractivity contribution is -0.344. The van der Waals surface area contributed by atoms with Crippen LogP contribution in [0.4, 0.5) is 18.9 Å². The molecule has 1 aliphatic heterocycles. The summed E-state index contributed by atoms with van der Waals surface area (Å²) >= 11 is 0. The minimum absolute atomic E-state index is 0.104. The van der Waals surface area contributed by atoms with Crippen LogP contribution >= 0.6 is 0 Å². The summed E-state index contributed by atoms with van der Waals surface area (Å²) in [4.78, 5) is 35.3. The number of carbonyl (C=O) groups is 3. The van der Waals surface area contributed by atoms with Gasteiger partial charge in [-0.2, -0.15) is 13.2 Å².